The molecule has 0 aromatic heterocycles. The maximum absolute atomic E-state index is 11.8. The lowest BCUT2D eigenvalue weighted by molar-refractivity contribution is -0.160. The molecule has 0 heterocycles. The quantitative estimate of drug-likeness (QED) is 0.368. The average Bonchev–Trinajstić information content (AvgIpc) is 2.52. The second-order valence-electron chi connectivity index (χ2n) is 6.46. The largest absolute Gasteiger partial charge is 0.480 e. The number of ether oxygens (including phenoxy) is 2. The molecule has 0 radical (unpaired) electrons. The molecule has 1 unspecified atom stereocenters. The summed E-state index contributed by atoms with van der Waals surface area (Å²) in [5.74, 6) is -1.60. The van der Waals surface area contributed by atoms with E-state index in [9.17, 15) is 19.5 Å². The molecule has 7 nitrogen and oxygen atoms in total. The summed E-state index contributed by atoms with van der Waals surface area (Å²) in [5.41, 5.74) is 0. The molecule has 138 valence electrons. The average molecular weight is 361 g/mol. The van der Waals surface area contributed by atoms with Crippen LogP contribution in [0, 0.1) is 5.92 Å². The number of carboxylic acid groups (broad SMARTS) is 1. The van der Waals surface area contributed by atoms with Gasteiger partial charge in [0.25, 0.3) is 0 Å². The van der Waals surface area contributed by atoms with Crippen LogP contribution in [0.3, 0.4) is 0 Å². The summed E-state index contributed by atoms with van der Waals surface area (Å²) in [7, 11) is 0. The third-order valence-electron chi connectivity index (χ3n) is 4.03. The summed E-state index contributed by atoms with van der Waals surface area (Å²) in [6, 6.07) is -1.03. The van der Waals surface area contributed by atoms with E-state index in [0.29, 0.717) is 0 Å². The number of amides is 1. The monoisotopic (exact) mass is 361 g/mol. The maximum Gasteiger partial charge on any atom is 0.327 e. The van der Waals surface area contributed by atoms with Crippen LogP contribution in [-0.2, 0) is 23.9 Å². The van der Waals surface area contributed by atoms with E-state index in [-0.39, 0.29) is 24.6 Å². The molecule has 1 atom stereocenters. The van der Waals surface area contributed by atoms with Gasteiger partial charge in [0.05, 0.1) is 11.9 Å². The van der Waals surface area contributed by atoms with Crippen molar-refractivity contribution in [2.24, 2.45) is 5.92 Å². The van der Waals surface area contributed by atoms with Crippen LogP contribution in [0.4, 0.5) is 0 Å². The number of nitrogens with one attached hydrogen (secondary N) is 1. The zero-order chi connectivity index (χ0) is 18.2. The number of carbonyl (C=O) groups excluding carboxylic acids is 2. The van der Waals surface area contributed by atoms with Crippen molar-refractivity contribution in [1.82, 2.24) is 5.32 Å². The van der Waals surface area contributed by atoms with Gasteiger partial charge in [-0.1, -0.05) is 19.3 Å². The predicted molar refractivity (Wildman–Crippen MR) is 90.4 cm³/mol. The summed E-state index contributed by atoms with van der Waals surface area (Å²) in [6.07, 6.45) is 5.04. The molecule has 0 bridgehead atoms. The van der Waals surface area contributed by atoms with Crippen molar-refractivity contribution in [3.05, 3.63) is 0 Å². The summed E-state index contributed by atoms with van der Waals surface area (Å²) >= 11 is 1.24. The first-order valence-electron chi connectivity index (χ1n) is 8.12. The SMILES string of the molecule is CC(=O)NC(C(=O)O)C(C)(C)SCOCOC(=O)C1CCCCC1. The van der Waals surface area contributed by atoms with Gasteiger partial charge in [0, 0.05) is 11.7 Å². The lowest BCUT2D eigenvalue weighted by Gasteiger charge is -2.30. The van der Waals surface area contributed by atoms with Crippen molar-refractivity contribution >= 4 is 29.6 Å². The molecule has 0 aliphatic heterocycles. The molecule has 1 amide bonds. The highest BCUT2D eigenvalue weighted by atomic mass is 32.2. The number of rotatable bonds is 9. The van der Waals surface area contributed by atoms with E-state index in [4.69, 9.17) is 9.47 Å². The minimum Gasteiger partial charge on any atom is -0.480 e. The molecule has 2 N–H and O–H groups in total. The van der Waals surface area contributed by atoms with Gasteiger partial charge in [-0.2, -0.15) is 0 Å². The van der Waals surface area contributed by atoms with E-state index in [1.807, 2.05) is 0 Å². The third-order valence-corrected chi connectivity index (χ3v) is 5.29. The van der Waals surface area contributed by atoms with Gasteiger partial charge < -0.3 is 19.9 Å². The molecule has 0 aromatic carbocycles. The highest BCUT2D eigenvalue weighted by molar-refractivity contribution is 8.00. The van der Waals surface area contributed by atoms with Crippen LogP contribution in [0.2, 0.25) is 0 Å². The van der Waals surface area contributed by atoms with Crippen molar-refractivity contribution < 1.29 is 29.0 Å². The first-order valence-corrected chi connectivity index (χ1v) is 9.11. The Morgan fingerprint density at radius 3 is 2.42 bits per heavy atom. The van der Waals surface area contributed by atoms with Crippen molar-refractivity contribution in [2.75, 3.05) is 12.7 Å². The highest BCUT2D eigenvalue weighted by Crippen LogP contribution is 2.29. The minimum absolute atomic E-state index is 0.0254. The molecular weight excluding hydrogens is 334 g/mol. The number of hydrogen-bond donors (Lipinski definition) is 2. The Morgan fingerprint density at radius 2 is 1.88 bits per heavy atom. The van der Waals surface area contributed by atoms with E-state index >= 15 is 0 Å². The number of carbonyl (C=O) groups is 3. The Labute approximate surface area is 146 Å². The standard InChI is InChI=1S/C16H27NO6S/c1-11(18)17-13(14(19)20)16(2,3)24-10-22-9-23-15(21)12-7-5-4-6-8-12/h12-13H,4-10H2,1-3H3,(H,17,18)(H,19,20). The predicted octanol–water partition coefficient (Wildman–Crippen LogP) is 2.14. The molecule has 0 spiro atoms. The van der Waals surface area contributed by atoms with Gasteiger partial charge in [-0.25, -0.2) is 4.79 Å². The lowest BCUT2D eigenvalue weighted by atomic mass is 9.89. The van der Waals surface area contributed by atoms with Crippen molar-refractivity contribution in [2.45, 2.75) is 63.7 Å². The van der Waals surface area contributed by atoms with Crippen molar-refractivity contribution in [3.8, 4) is 0 Å². The number of hydrogen-bond acceptors (Lipinski definition) is 6. The van der Waals surface area contributed by atoms with Crippen molar-refractivity contribution in [3.63, 3.8) is 0 Å². The van der Waals surface area contributed by atoms with E-state index < -0.39 is 22.7 Å². The summed E-state index contributed by atoms with van der Waals surface area (Å²) in [6.45, 7) is 4.56. The number of carboxylic acids is 1. The van der Waals surface area contributed by atoms with Crippen LogP contribution < -0.4 is 5.32 Å². The van der Waals surface area contributed by atoms with Gasteiger partial charge in [-0.3, -0.25) is 9.59 Å². The summed E-state index contributed by atoms with van der Waals surface area (Å²) in [4.78, 5) is 34.3. The molecule has 8 heteroatoms. The fraction of sp³-hybridized carbons (Fsp3) is 0.812. The zero-order valence-electron chi connectivity index (χ0n) is 14.5. The Hall–Kier alpha value is -1.28. The Morgan fingerprint density at radius 1 is 1.25 bits per heavy atom. The van der Waals surface area contributed by atoms with E-state index in [2.05, 4.69) is 5.32 Å². The van der Waals surface area contributed by atoms with Crippen LogP contribution in [0.1, 0.15) is 52.9 Å². The van der Waals surface area contributed by atoms with Crippen LogP contribution in [-0.4, -0.2) is 46.5 Å². The second-order valence-corrected chi connectivity index (χ2v) is 8.03. The Kier molecular flexibility index (Phi) is 8.55. The molecule has 1 rings (SSSR count). The molecule has 1 aliphatic rings. The van der Waals surface area contributed by atoms with Crippen LogP contribution in [0.25, 0.3) is 0 Å². The topological polar surface area (TPSA) is 102 Å². The minimum atomic E-state index is -1.11. The molecule has 1 aliphatic carbocycles. The van der Waals surface area contributed by atoms with Gasteiger partial charge >= 0.3 is 11.9 Å². The molecule has 1 saturated carbocycles. The lowest BCUT2D eigenvalue weighted by Crippen LogP contribution is -2.52. The van der Waals surface area contributed by atoms with Gasteiger partial charge in [0.1, 0.15) is 6.04 Å². The fourth-order valence-electron chi connectivity index (χ4n) is 2.60. The van der Waals surface area contributed by atoms with E-state index in [1.54, 1.807) is 13.8 Å². The third kappa shape index (κ3) is 7.09. The molecule has 1 fully saturated rings. The van der Waals surface area contributed by atoms with Crippen LogP contribution >= 0.6 is 11.8 Å². The normalized spacial score (nSPS) is 17.1. The smallest absolute Gasteiger partial charge is 0.327 e. The molecule has 0 aromatic rings. The van der Waals surface area contributed by atoms with Crippen molar-refractivity contribution in [1.29, 1.82) is 0 Å². The second kappa shape index (κ2) is 9.88. The maximum atomic E-state index is 11.8. The first kappa shape index (κ1) is 20.8. The van der Waals surface area contributed by atoms with Gasteiger partial charge in [0.15, 0.2) is 6.79 Å². The summed E-state index contributed by atoms with van der Waals surface area (Å²) < 4.78 is 9.62. The van der Waals surface area contributed by atoms with Crippen LogP contribution in [0.15, 0.2) is 0 Å². The molecular formula is C16H27NO6S. The number of esters is 1. The molecule has 0 saturated heterocycles. The summed E-state index contributed by atoms with van der Waals surface area (Å²) in [5, 5.41) is 11.7. The van der Waals surface area contributed by atoms with E-state index in [1.165, 1.54) is 25.1 Å². The molecule has 24 heavy (non-hydrogen) atoms. The Bertz CT molecular complexity index is 448. The van der Waals surface area contributed by atoms with Gasteiger partial charge in [0.2, 0.25) is 5.91 Å². The zero-order valence-corrected chi connectivity index (χ0v) is 15.3. The number of thioether (sulfide) groups is 1. The highest BCUT2D eigenvalue weighted by Gasteiger charge is 2.36. The Balaban J connectivity index is 2.30. The van der Waals surface area contributed by atoms with Gasteiger partial charge in [-0.05, 0) is 26.7 Å². The van der Waals surface area contributed by atoms with Crippen LogP contribution in [0.5, 0.6) is 0 Å². The van der Waals surface area contributed by atoms with E-state index in [0.717, 1.165) is 25.7 Å². The van der Waals surface area contributed by atoms with Gasteiger partial charge in [-0.15, -0.1) is 11.8 Å². The fourth-order valence-corrected chi connectivity index (χ4v) is 3.38. The number of aliphatic carboxylic acids is 1. The first-order chi connectivity index (χ1) is 11.2.